The predicted octanol–water partition coefficient (Wildman–Crippen LogP) is 3.01. The molecule has 3 rings (SSSR count). The summed E-state index contributed by atoms with van der Waals surface area (Å²) >= 11 is 5.24. The minimum atomic E-state index is -0.00630. The monoisotopic (exact) mass is 372 g/mol. The number of carbonyl (C=O) groups is 2. The van der Waals surface area contributed by atoms with Crippen LogP contribution in [-0.4, -0.2) is 44.4 Å². The third-order valence-corrected chi connectivity index (χ3v) is 5.19. The van der Waals surface area contributed by atoms with Crippen molar-refractivity contribution in [3.05, 3.63) is 46.5 Å². The first-order valence-corrected chi connectivity index (χ1v) is 9.52. The van der Waals surface area contributed by atoms with E-state index < -0.39 is 0 Å². The van der Waals surface area contributed by atoms with Crippen LogP contribution in [0.5, 0.6) is 0 Å². The fourth-order valence-corrected chi connectivity index (χ4v) is 3.61. The Bertz CT molecular complexity index is 820. The number of likely N-dealkylation sites (tertiary alicyclic amines) is 1. The van der Waals surface area contributed by atoms with E-state index in [2.05, 4.69) is 17.1 Å². The summed E-state index contributed by atoms with van der Waals surface area (Å²) in [6.07, 6.45) is 3.14. The first kappa shape index (κ1) is 18.5. The van der Waals surface area contributed by atoms with E-state index in [0.29, 0.717) is 30.7 Å². The number of aromatic nitrogens is 3. The van der Waals surface area contributed by atoms with Crippen molar-refractivity contribution in [3.8, 4) is 0 Å². The fourth-order valence-electron chi connectivity index (χ4n) is 3.39. The molecule has 6 nitrogen and oxygen atoms in total. The van der Waals surface area contributed by atoms with E-state index in [1.165, 1.54) is 0 Å². The Morgan fingerprint density at radius 3 is 2.58 bits per heavy atom. The maximum absolute atomic E-state index is 12.7. The number of nitrogens with zero attached hydrogens (tertiary/aromatic N) is 3. The third kappa shape index (κ3) is 4.09. The highest BCUT2D eigenvalue weighted by molar-refractivity contribution is 7.71. The lowest BCUT2D eigenvalue weighted by molar-refractivity contribution is -0.133. The first-order chi connectivity index (χ1) is 12.6. The van der Waals surface area contributed by atoms with E-state index in [1.807, 2.05) is 35.2 Å². The molecule has 138 valence electrons. The first-order valence-electron chi connectivity index (χ1n) is 9.11. The van der Waals surface area contributed by atoms with E-state index in [-0.39, 0.29) is 24.2 Å². The Morgan fingerprint density at radius 2 is 1.92 bits per heavy atom. The van der Waals surface area contributed by atoms with Crippen LogP contribution in [0.4, 0.5) is 0 Å². The van der Waals surface area contributed by atoms with Crippen molar-refractivity contribution in [3.63, 3.8) is 0 Å². The summed E-state index contributed by atoms with van der Waals surface area (Å²) in [4.78, 5) is 27.0. The van der Waals surface area contributed by atoms with Crippen molar-refractivity contribution in [2.24, 2.45) is 5.92 Å². The van der Waals surface area contributed by atoms with Crippen LogP contribution in [0.3, 0.4) is 0 Å². The van der Waals surface area contributed by atoms with Crippen LogP contribution < -0.4 is 0 Å². The molecule has 1 N–H and O–H groups in total. The number of hydrogen-bond donors (Lipinski definition) is 1. The van der Waals surface area contributed by atoms with Crippen LogP contribution in [0.15, 0.2) is 30.3 Å². The topological polar surface area (TPSA) is 71.0 Å². The summed E-state index contributed by atoms with van der Waals surface area (Å²) in [5.41, 5.74) is 0.756. The van der Waals surface area contributed by atoms with Crippen molar-refractivity contribution in [2.45, 2.75) is 39.2 Å². The fraction of sp³-hybridized carbons (Fsp3) is 0.474. The Kier molecular flexibility index (Phi) is 5.98. The van der Waals surface area contributed by atoms with Gasteiger partial charge in [0.05, 0.1) is 0 Å². The molecule has 0 aliphatic carbocycles. The molecule has 0 unspecified atom stereocenters. The minimum absolute atomic E-state index is 0.00630. The molecule has 2 aromatic rings. The van der Waals surface area contributed by atoms with Crippen molar-refractivity contribution >= 4 is 23.9 Å². The molecule has 0 saturated carbocycles. The van der Waals surface area contributed by atoms with Crippen LogP contribution in [0, 0.1) is 10.7 Å². The number of aryl methyl sites for hydroxylation is 1. The molecule has 7 heteroatoms. The summed E-state index contributed by atoms with van der Waals surface area (Å²) < 4.78 is 2.26. The standard InChI is InChI=1S/C19H24N4O2S/c1-2-6-16-20-21-19(26)23(16)13-17(24)22-11-9-15(10-12-22)18(25)14-7-4-3-5-8-14/h3-5,7-8,15H,2,6,9-13H2,1H3,(H,21,26). The lowest BCUT2D eigenvalue weighted by atomic mass is 9.89. The Morgan fingerprint density at radius 1 is 1.23 bits per heavy atom. The SMILES string of the molecule is CCCc1n[nH]c(=S)n1CC(=O)N1CCC(C(=O)c2ccccc2)CC1. The van der Waals surface area contributed by atoms with E-state index in [9.17, 15) is 9.59 Å². The predicted molar refractivity (Wildman–Crippen MR) is 101 cm³/mol. The molecule has 0 spiro atoms. The minimum Gasteiger partial charge on any atom is -0.341 e. The molecule has 2 heterocycles. The molecular formula is C19H24N4O2S. The lowest BCUT2D eigenvalue weighted by Gasteiger charge is -2.31. The summed E-state index contributed by atoms with van der Waals surface area (Å²) in [5.74, 6) is 1.03. The Labute approximate surface area is 158 Å². The molecule has 1 aliphatic heterocycles. The van der Waals surface area contributed by atoms with Crippen molar-refractivity contribution < 1.29 is 9.59 Å². The highest BCUT2D eigenvalue weighted by Crippen LogP contribution is 2.22. The van der Waals surface area contributed by atoms with Crippen LogP contribution in [0.1, 0.15) is 42.4 Å². The molecule has 1 saturated heterocycles. The molecular weight excluding hydrogens is 348 g/mol. The normalized spacial score (nSPS) is 15.2. The highest BCUT2D eigenvalue weighted by Gasteiger charge is 2.28. The third-order valence-electron chi connectivity index (χ3n) is 4.88. The second-order valence-corrected chi connectivity index (χ2v) is 7.05. The van der Waals surface area contributed by atoms with Gasteiger partial charge in [0.15, 0.2) is 10.6 Å². The van der Waals surface area contributed by atoms with Gasteiger partial charge in [0.25, 0.3) is 0 Å². The van der Waals surface area contributed by atoms with Gasteiger partial charge in [0.1, 0.15) is 12.4 Å². The second kappa shape index (κ2) is 8.40. The molecule has 26 heavy (non-hydrogen) atoms. The number of benzene rings is 1. The van der Waals surface area contributed by atoms with Gasteiger partial charge in [-0.25, -0.2) is 0 Å². The molecule has 1 aromatic heterocycles. The maximum Gasteiger partial charge on any atom is 0.242 e. The van der Waals surface area contributed by atoms with Gasteiger partial charge in [-0.15, -0.1) is 0 Å². The number of Topliss-reactive ketones (excluding diaryl/α,β-unsaturated/α-hetero) is 1. The molecule has 0 atom stereocenters. The van der Waals surface area contributed by atoms with Gasteiger partial charge in [0.2, 0.25) is 5.91 Å². The number of piperidine rings is 1. The summed E-state index contributed by atoms with van der Waals surface area (Å²) in [7, 11) is 0. The van der Waals surface area contributed by atoms with Crippen LogP contribution >= 0.6 is 12.2 Å². The van der Waals surface area contributed by atoms with Gasteiger partial charge >= 0.3 is 0 Å². The maximum atomic E-state index is 12.7. The van der Waals surface area contributed by atoms with Crippen LogP contribution in [-0.2, 0) is 17.8 Å². The average Bonchev–Trinajstić information content (AvgIpc) is 3.02. The van der Waals surface area contributed by atoms with Gasteiger partial charge in [-0.3, -0.25) is 19.3 Å². The van der Waals surface area contributed by atoms with Crippen LogP contribution in [0.25, 0.3) is 0 Å². The molecule has 1 fully saturated rings. The molecule has 1 aliphatic rings. The van der Waals surface area contributed by atoms with Gasteiger partial charge in [0, 0.05) is 31.0 Å². The number of aromatic amines is 1. The number of nitrogens with one attached hydrogen (secondary N) is 1. The number of H-pyrrole nitrogens is 1. The van der Waals surface area contributed by atoms with Crippen molar-refractivity contribution in [1.82, 2.24) is 19.7 Å². The summed E-state index contributed by atoms with van der Waals surface area (Å²) in [6.45, 7) is 3.49. The number of ketones is 1. The van der Waals surface area contributed by atoms with Gasteiger partial charge < -0.3 is 4.90 Å². The zero-order valence-corrected chi connectivity index (χ0v) is 15.8. The molecule has 0 radical (unpaired) electrons. The largest absolute Gasteiger partial charge is 0.341 e. The van der Waals surface area contributed by atoms with Gasteiger partial charge in [-0.2, -0.15) is 5.10 Å². The van der Waals surface area contributed by atoms with E-state index in [4.69, 9.17) is 12.2 Å². The van der Waals surface area contributed by atoms with E-state index in [0.717, 1.165) is 24.2 Å². The molecule has 1 amide bonds. The Hall–Kier alpha value is -2.28. The van der Waals surface area contributed by atoms with Crippen molar-refractivity contribution in [1.29, 1.82) is 0 Å². The zero-order valence-electron chi connectivity index (χ0n) is 15.0. The van der Waals surface area contributed by atoms with Gasteiger partial charge in [-0.1, -0.05) is 37.3 Å². The Balaban J connectivity index is 1.58. The zero-order chi connectivity index (χ0) is 18.5. The van der Waals surface area contributed by atoms with E-state index in [1.54, 1.807) is 4.57 Å². The van der Waals surface area contributed by atoms with Crippen molar-refractivity contribution in [2.75, 3.05) is 13.1 Å². The number of hydrogen-bond acceptors (Lipinski definition) is 4. The lowest BCUT2D eigenvalue weighted by Crippen LogP contribution is -2.42. The number of amides is 1. The molecule has 1 aromatic carbocycles. The smallest absolute Gasteiger partial charge is 0.242 e. The molecule has 0 bridgehead atoms. The quantitative estimate of drug-likeness (QED) is 0.625. The number of carbonyl (C=O) groups excluding carboxylic acids is 2. The summed E-state index contributed by atoms with van der Waals surface area (Å²) in [6, 6.07) is 9.39. The second-order valence-electron chi connectivity index (χ2n) is 6.67. The van der Waals surface area contributed by atoms with Crippen LogP contribution in [0.2, 0.25) is 0 Å². The van der Waals surface area contributed by atoms with Gasteiger partial charge in [-0.05, 0) is 31.5 Å². The summed E-state index contributed by atoms with van der Waals surface area (Å²) in [5, 5.41) is 6.97. The number of rotatable bonds is 6. The highest BCUT2D eigenvalue weighted by atomic mass is 32.1. The average molecular weight is 372 g/mol. The van der Waals surface area contributed by atoms with E-state index >= 15 is 0 Å².